The van der Waals surface area contributed by atoms with Gasteiger partial charge in [0.15, 0.2) is 0 Å². The predicted octanol–water partition coefficient (Wildman–Crippen LogP) is 1.23. The van der Waals surface area contributed by atoms with Crippen LogP contribution in [0, 0.1) is 0 Å². The molecule has 1 atom stereocenters. The zero-order valence-corrected chi connectivity index (χ0v) is 15.5. The summed E-state index contributed by atoms with van der Waals surface area (Å²) in [6.45, 7) is 3.93. The normalized spacial score (nSPS) is 17.4. The quantitative estimate of drug-likeness (QED) is 0.768. The Hall–Kier alpha value is -1.99. The maximum Gasteiger partial charge on any atom is 0.234 e. The first-order valence-electron chi connectivity index (χ1n) is 8.84. The Balaban J connectivity index is 1.74. The number of sulfonamides is 1. The van der Waals surface area contributed by atoms with Gasteiger partial charge in [-0.2, -0.15) is 4.72 Å². The van der Waals surface area contributed by atoms with Crippen molar-refractivity contribution in [1.82, 2.24) is 4.72 Å². The van der Waals surface area contributed by atoms with Crippen LogP contribution in [0.3, 0.4) is 0 Å². The largest absolute Gasteiger partial charge is 0.370 e. The summed E-state index contributed by atoms with van der Waals surface area (Å²) < 4.78 is 33.5. The molecule has 5 nitrogen and oxygen atoms in total. The zero-order chi connectivity index (χ0) is 18.2. The van der Waals surface area contributed by atoms with Crippen LogP contribution < -0.4 is 9.62 Å². The van der Waals surface area contributed by atoms with Crippen molar-refractivity contribution in [2.45, 2.75) is 6.04 Å². The van der Waals surface area contributed by atoms with E-state index in [0.717, 1.165) is 37.4 Å². The van der Waals surface area contributed by atoms with E-state index in [4.69, 9.17) is 4.74 Å². The number of hydrogen-bond donors (Lipinski definition) is 2. The zero-order valence-electron chi connectivity index (χ0n) is 14.7. The van der Waals surface area contributed by atoms with E-state index >= 15 is 0 Å². The molecule has 0 saturated carbocycles. The van der Waals surface area contributed by atoms with Crippen molar-refractivity contribution >= 4 is 16.1 Å². The third kappa shape index (κ3) is 5.78. The highest BCUT2D eigenvalue weighted by Crippen LogP contribution is 2.13. The average Bonchev–Trinajstić information content (AvgIpc) is 2.68. The van der Waals surface area contributed by atoms with Crippen LogP contribution in [-0.4, -0.2) is 41.3 Å². The summed E-state index contributed by atoms with van der Waals surface area (Å²) in [7, 11) is -3.55. The van der Waals surface area contributed by atoms with Gasteiger partial charge in [0.05, 0.1) is 25.8 Å². The molecule has 0 radical (unpaired) electrons. The second kappa shape index (κ2) is 9.09. The molecular formula is C20H25N2O3S+. The van der Waals surface area contributed by atoms with Crippen molar-refractivity contribution in [3.8, 4) is 0 Å². The summed E-state index contributed by atoms with van der Waals surface area (Å²) in [5.74, 6) is 0. The second-order valence-electron chi connectivity index (χ2n) is 6.41. The average molecular weight is 373 g/mol. The van der Waals surface area contributed by atoms with E-state index in [2.05, 4.69) is 4.72 Å². The van der Waals surface area contributed by atoms with E-state index < -0.39 is 10.0 Å². The Labute approximate surface area is 155 Å². The first kappa shape index (κ1) is 18.8. The lowest BCUT2D eigenvalue weighted by Crippen LogP contribution is -3.14. The Bertz CT molecular complexity index is 801. The van der Waals surface area contributed by atoms with Gasteiger partial charge in [0.1, 0.15) is 13.1 Å². The van der Waals surface area contributed by atoms with Crippen molar-refractivity contribution in [1.29, 1.82) is 0 Å². The first-order chi connectivity index (χ1) is 12.6. The molecule has 0 bridgehead atoms. The first-order valence-corrected chi connectivity index (χ1v) is 10.4. The molecule has 6 heteroatoms. The molecular weight excluding hydrogens is 348 g/mol. The van der Waals surface area contributed by atoms with Crippen molar-refractivity contribution in [3.05, 3.63) is 77.2 Å². The second-order valence-corrected chi connectivity index (χ2v) is 8.00. The topological polar surface area (TPSA) is 59.8 Å². The fourth-order valence-electron chi connectivity index (χ4n) is 3.04. The predicted molar refractivity (Wildman–Crippen MR) is 103 cm³/mol. The van der Waals surface area contributed by atoms with E-state index in [-0.39, 0.29) is 6.04 Å². The van der Waals surface area contributed by atoms with Gasteiger partial charge in [-0.15, -0.1) is 0 Å². The number of ether oxygens (including phenoxy) is 1. The number of rotatable bonds is 7. The minimum Gasteiger partial charge on any atom is -0.370 e. The molecule has 138 valence electrons. The lowest BCUT2D eigenvalue weighted by molar-refractivity contribution is -0.909. The van der Waals surface area contributed by atoms with Crippen molar-refractivity contribution in [2.24, 2.45) is 0 Å². The molecule has 2 aromatic carbocycles. The van der Waals surface area contributed by atoms with Crippen LogP contribution in [0.25, 0.3) is 6.08 Å². The molecule has 1 saturated heterocycles. The van der Waals surface area contributed by atoms with E-state index in [1.165, 1.54) is 10.3 Å². The molecule has 0 amide bonds. The molecule has 1 aliphatic heterocycles. The molecule has 1 aliphatic rings. The monoisotopic (exact) mass is 373 g/mol. The Morgan fingerprint density at radius 3 is 2.27 bits per heavy atom. The van der Waals surface area contributed by atoms with Crippen LogP contribution in [0.5, 0.6) is 0 Å². The highest BCUT2D eigenvalue weighted by molar-refractivity contribution is 7.92. The van der Waals surface area contributed by atoms with Gasteiger partial charge in [0.2, 0.25) is 10.0 Å². The minimum absolute atomic E-state index is 0.269. The van der Waals surface area contributed by atoms with Crippen molar-refractivity contribution in [3.63, 3.8) is 0 Å². The molecule has 26 heavy (non-hydrogen) atoms. The summed E-state index contributed by atoms with van der Waals surface area (Å²) in [6.07, 6.45) is 1.62. The number of hydrogen-bond acceptors (Lipinski definition) is 3. The Morgan fingerprint density at radius 2 is 1.62 bits per heavy atom. The van der Waals surface area contributed by atoms with Crippen LogP contribution in [-0.2, 0) is 14.8 Å². The molecule has 1 fully saturated rings. The van der Waals surface area contributed by atoms with Gasteiger partial charge in [-0.1, -0.05) is 60.7 Å². The summed E-state index contributed by atoms with van der Waals surface area (Å²) >= 11 is 0. The summed E-state index contributed by atoms with van der Waals surface area (Å²) in [4.78, 5) is 1.35. The molecule has 0 unspecified atom stereocenters. The van der Waals surface area contributed by atoms with Crippen molar-refractivity contribution in [2.75, 3.05) is 32.8 Å². The number of benzene rings is 2. The maximum atomic E-state index is 12.6. The van der Waals surface area contributed by atoms with E-state index in [1.807, 2.05) is 60.7 Å². The summed E-state index contributed by atoms with van der Waals surface area (Å²) in [5, 5.41) is 1.24. The van der Waals surface area contributed by atoms with Gasteiger partial charge in [0.25, 0.3) is 0 Å². The highest BCUT2D eigenvalue weighted by atomic mass is 32.2. The molecule has 1 heterocycles. The van der Waals surface area contributed by atoms with Gasteiger partial charge < -0.3 is 9.64 Å². The molecule has 0 aromatic heterocycles. The van der Waals surface area contributed by atoms with Gasteiger partial charge in [0, 0.05) is 5.41 Å². The van der Waals surface area contributed by atoms with E-state index in [1.54, 1.807) is 6.08 Å². The summed E-state index contributed by atoms with van der Waals surface area (Å²) in [5.41, 5.74) is 1.83. The number of nitrogens with one attached hydrogen (secondary N) is 2. The maximum absolute atomic E-state index is 12.6. The van der Waals surface area contributed by atoms with Crippen LogP contribution in [0.1, 0.15) is 17.2 Å². The van der Waals surface area contributed by atoms with Gasteiger partial charge >= 0.3 is 0 Å². The third-order valence-electron chi connectivity index (χ3n) is 4.44. The molecule has 2 N–H and O–H groups in total. The summed E-state index contributed by atoms with van der Waals surface area (Å²) in [6, 6.07) is 18.9. The molecule has 0 aliphatic carbocycles. The number of morpholine rings is 1. The number of quaternary nitrogens is 1. The fraction of sp³-hybridized carbons (Fsp3) is 0.300. The standard InChI is InChI=1S/C20H24N2O3S/c23-26(24,16-11-18-7-3-1-4-8-18)21-20(19-9-5-2-6-10-19)17-22-12-14-25-15-13-22/h1-11,16,20-21H,12-15,17H2/p+1/b16-11+/t20-/m1/s1. The van der Waals surface area contributed by atoms with Gasteiger partial charge in [-0.25, -0.2) is 8.42 Å². The Kier molecular flexibility index (Phi) is 6.57. The third-order valence-corrected chi connectivity index (χ3v) is 5.55. The van der Waals surface area contributed by atoms with E-state index in [0.29, 0.717) is 6.54 Å². The molecule has 0 spiro atoms. The van der Waals surface area contributed by atoms with Crippen molar-refractivity contribution < 1.29 is 18.1 Å². The van der Waals surface area contributed by atoms with Gasteiger partial charge in [-0.3, -0.25) is 0 Å². The van der Waals surface area contributed by atoms with Crippen LogP contribution in [0.2, 0.25) is 0 Å². The lowest BCUT2D eigenvalue weighted by Gasteiger charge is -2.28. The molecule has 3 rings (SSSR count). The SMILES string of the molecule is O=S(=O)(/C=C/c1ccccc1)N[C@H](C[NH+]1CCOCC1)c1ccccc1. The Morgan fingerprint density at radius 1 is 1.00 bits per heavy atom. The fourth-order valence-corrected chi connectivity index (χ4v) is 4.07. The minimum atomic E-state index is -3.55. The van der Waals surface area contributed by atoms with Crippen LogP contribution in [0.15, 0.2) is 66.1 Å². The molecule has 2 aromatic rings. The van der Waals surface area contributed by atoms with Crippen LogP contribution >= 0.6 is 0 Å². The highest BCUT2D eigenvalue weighted by Gasteiger charge is 2.24. The van der Waals surface area contributed by atoms with E-state index in [9.17, 15) is 8.42 Å². The lowest BCUT2D eigenvalue weighted by atomic mass is 10.1. The van der Waals surface area contributed by atoms with Gasteiger partial charge in [-0.05, 0) is 17.2 Å². The smallest absolute Gasteiger partial charge is 0.234 e. The van der Waals surface area contributed by atoms with Crippen LogP contribution in [0.4, 0.5) is 0 Å².